The highest BCUT2D eigenvalue weighted by atomic mass is 16.5. The summed E-state index contributed by atoms with van der Waals surface area (Å²) in [7, 11) is 1.58. The van der Waals surface area contributed by atoms with Gasteiger partial charge in [-0.25, -0.2) is 0 Å². The lowest BCUT2D eigenvalue weighted by molar-refractivity contribution is -0.140. The summed E-state index contributed by atoms with van der Waals surface area (Å²) in [5.74, 6) is -0.124. The van der Waals surface area contributed by atoms with Crippen molar-refractivity contribution in [3.05, 3.63) is 100 Å². The van der Waals surface area contributed by atoms with E-state index < -0.39 is 17.7 Å². The predicted octanol–water partition coefficient (Wildman–Crippen LogP) is 6.71. The van der Waals surface area contributed by atoms with Crippen LogP contribution in [-0.2, 0) is 21.5 Å². The molecule has 1 aliphatic rings. The summed E-state index contributed by atoms with van der Waals surface area (Å²) in [5.41, 5.74) is 3.87. The molecule has 1 amide bonds. The summed E-state index contributed by atoms with van der Waals surface area (Å²) < 4.78 is 11.1. The molecule has 1 saturated heterocycles. The van der Waals surface area contributed by atoms with Crippen LogP contribution < -0.4 is 9.47 Å². The first-order chi connectivity index (χ1) is 18.4. The van der Waals surface area contributed by atoms with Gasteiger partial charge in [-0.15, -0.1) is 0 Å². The van der Waals surface area contributed by atoms with Gasteiger partial charge in [-0.2, -0.15) is 0 Å². The van der Waals surface area contributed by atoms with Crippen LogP contribution in [0.25, 0.3) is 5.76 Å². The number of aliphatic hydroxyl groups is 1. The van der Waals surface area contributed by atoms with Crippen LogP contribution in [0, 0.1) is 6.92 Å². The first-order valence-corrected chi connectivity index (χ1v) is 13.2. The average molecular weight is 528 g/mol. The standard InChI is InChI=1S/C33H37NO5/c1-20(2)39-26-14-9-22(10-15-26)19-34-29(23-11-16-25(38-7)17-12-23)28(31(36)32(34)37)30(35)27-18-24(33(4,5)6)13-8-21(27)3/h8-18,20,29,35H,19H2,1-7H3/b30-28+. The Labute approximate surface area is 230 Å². The number of benzene rings is 3. The van der Waals surface area contributed by atoms with Gasteiger partial charge in [-0.1, -0.05) is 57.2 Å². The molecule has 1 aliphatic heterocycles. The van der Waals surface area contributed by atoms with Crippen LogP contribution in [0.15, 0.2) is 72.3 Å². The molecule has 1 heterocycles. The molecule has 39 heavy (non-hydrogen) atoms. The molecule has 0 aromatic heterocycles. The Bertz CT molecular complexity index is 1400. The molecule has 0 saturated carbocycles. The molecule has 0 aliphatic carbocycles. The fourth-order valence-corrected chi connectivity index (χ4v) is 4.81. The maximum absolute atomic E-state index is 13.5. The average Bonchev–Trinajstić information content (AvgIpc) is 3.13. The van der Waals surface area contributed by atoms with Gasteiger partial charge in [-0.3, -0.25) is 9.59 Å². The molecule has 1 N–H and O–H groups in total. The molecule has 6 nitrogen and oxygen atoms in total. The Morgan fingerprint density at radius 3 is 2.13 bits per heavy atom. The number of hydrogen-bond donors (Lipinski definition) is 1. The molecule has 0 spiro atoms. The second-order valence-corrected chi connectivity index (χ2v) is 11.3. The van der Waals surface area contributed by atoms with Crippen LogP contribution in [0.5, 0.6) is 11.5 Å². The van der Waals surface area contributed by atoms with Crippen molar-refractivity contribution in [1.29, 1.82) is 0 Å². The van der Waals surface area contributed by atoms with Gasteiger partial charge in [0, 0.05) is 12.1 Å². The quantitative estimate of drug-likeness (QED) is 0.210. The molecule has 1 unspecified atom stereocenters. The molecule has 1 atom stereocenters. The van der Waals surface area contributed by atoms with Gasteiger partial charge in [0.2, 0.25) is 0 Å². The Kier molecular flexibility index (Phi) is 7.86. The molecule has 0 radical (unpaired) electrons. The van der Waals surface area contributed by atoms with E-state index in [1.54, 1.807) is 19.2 Å². The number of carbonyl (C=O) groups excluding carboxylic acids is 2. The van der Waals surface area contributed by atoms with E-state index in [0.717, 1.165) is 22.4 Å². The van der Waals surface area contributed by atoms with Crippen LogP contribution in [0.1, 0.15) is 68.5 Å². The highest BCUT2D eigenvalue weighted by molar-refractivity contribution is 6.46. The minimum absolute atomic E-state index is 0.0454. The number of nitrogens with zero attached hydrogens (tertiary/aromatic N) is 1. The van der Waals surface area contributed by atoms with Crippen LogP contribution >= 0.6 is 0 Å². The lowest BCUT2D eigenvalue weighted by atomic mass is 9.84. The summed E-state index contributed by atoms with van der Waals surface area (Å²) in [4.78, 5) is 28.5. The number of rotatable bonds is 7. The van der Waals surface area contributed by atoms with Crippen LogP contribution in [-0.4, -0.2) is 34.9 Å². The van der Waals surface area contributed by atoms with E-state index >= 15 is 0 Å². The van der Waals surface area contributed by atoms with Crippen molar-refractivity contribution in [3.63, 3.8) is 0 Å². The molecule has 3 aromatic rings. The zero-order valence-corrected chi connectivity index (χ0v) is 23.7. The van der Waals surface area contributed by atoms with Crippen molar-refractivity contribution in [3.8, 4) is 11.5 Å². The summed E-state index contributed by atoms with van der Waals surface area (Å²) in [6.07, 6.45) is 0.0454. The van der Waals surface area contributed by atoms with Crippen molar-refractivity contribution < 1.29 is 24.2 Å². The van der Waals surface area contributed by atoms with Gasteiger partial charge in [0.15, 0.2) is 0 Å². The minimum Gasteiger partial charge on any atom is -0.507 e. The summed E-state index contributed by atoms with van der Waals surface area (Å²) in [5, 5.41) is 11.7. The normalized spacial score (nSPS) is 17.1. The van der Waals surface area contributed by atoms with E-state index in [9.17, 15) is 14.7 Å². The van der Waals surface area contributed by atoms with Crippen molar-refractivity contribution in [2.45, 2.75) is 65.6 Å². The Morgan fingerprint density at radius 1 is 0.949 bits per heavy atom. The number of aliphatic hydroxyl groups excluding tert-OH is 1. The number of ether oxygens (including phenoxy) is 2. The molecule has 3 aromatic carbocycles. The van der Waals surface area contributed by atoms with Gasteiger partial charge in [0.25, 0.3) is 11.7 Å². The fraction of sp³-hybridized carbons (Fsp3) is 0.333. The summed E-state index contributed by atoms with van der Waals surface area (Å²) in [6.45, 7) is 12.3. The number of likely N-dealkylation sites (tertiary alicyclic amines) is 1. The van der Waals surface area contributed by atoms with E-state index in [2.05, 4.69) is 20.8 Å². The Balaban J connectivity index is 1.83. The van der Waals surface area contributed by atoms with Gasteiger partial charge in [0.05, 0.1) is 24.8 Å². The molecule has 6 heteroatoms. The number of Topliss-reactive ketones (excluding diaryl/α,β-unsaturated/α-hetero) is 1. The molecule has 204 valence electrons. The first kappa shape index (κ1) is 28.0. The van der Waals surface area contributed by atoms with E-state index in [1.807, 2.05) is 75.4 Å². The minimum atomic E-state index is -0.764. The topological polar surface area (TPSA) is 76.1 Å². The fourth-order valence-electron chi connectivity index (χ4n) is 4.81. The van der Waals surface area contributed by atoms with Gasteiger partial charge < -0.3 is 19.5 Å². The Hall–Kier alpha value is -4.06. The smallest absolute Gasteiger partial charge is 0.295 e. The Morgan fingerprint density at radius 2 is 1.56 bits per heavy atom. The van der Waals surface area contributed by atoms with E-state index in [0.29, 0.717) is 16.9 Å². The first-order valence-electron chi connectivity index (χ1n) is 13.2. The van der Waals surface area contributed by atoms with Crippen LogP contribution in [0.4, 0.5) is 0 Å². The maximum Gasteiger partial charge on any atom is 0.295 e. The largest absolute Gasteiger partial charge is 0.507 e. The lowest BCUT2D eigenvalue weighted by Crippen LogP contribution is -2.29. The van der Waals surface area contributed by atoms with Crippen molar-refractivity contribution >= 4 is 17.4 Å². The second kappa shape index (κ2) is 11.0. The molecule has 1 fully saturated rings. The van der Waals surface area contributed by atoms with Gasteiger partial charge >= 0.3 is 0 Å². The molecule has 4 rings (SSSR count). The van der Waals surface area contributed by atoms with Crippen LogP contribution in [0.2, 0.25) is 0 Å². The van der Waals surface area contributed by atoms with Gasteiger partial charge in [0.1, 0.15) is 17.3 Å². The number of methoxy groups -OCH3 is 1. The number of amides is 1. The van der Waals surface area contributed by atoms with Crippen molar-refractivity contribution in [2.75, 3.05) is 7.11 Å². The van der Waals surface area contributed by atoms with E-state index in [-0.39, 0.29) is 29.4 Å². The highest BCUT2D eigenvalue weighted by Crippen LogP contribution is 2.41. The van der Waals surface area contributed by atoms with Crippen molar-refractivity contribution in [2.24, 2.45) is 0 Å². The summed E-state index contributed by atoms with van der Waals surface area (Å²) >= 11 is 0. The molecule has 0 bridgehead atoms. The number of ketones is 1. The third-order valence-electron chi connectivity index (χ3n) is 6.98. The van der Waals surface area contributed by atoms with Crippen LogP contribution in [0.3, 0.4) is 0 Å². The second-order valence-electron chi connectivity index (χ2n) is 11.3. The lowest BCUT2D eigenvalue weighted by Gasteiger charge is -2.26. The zero-order valence-electron chi connectivity index (χ0n) is 23.7. The molecular formula is C33H37NO5. The maximum atomic E-state index is 13.5. The number of carbonyl (C=O) groups is 2. The monoisotopic (exact) mass is 527 g/mol. The number of hydrogen-bond acceptors (Lipinski definition) is 5. The highest BCUT2D eigenvalue weighted by Gasteiger charge is 2.46. The SMILES string of the molecule is COc1ccc(C2/C(=C(\O)c3cc(C(C)(C)C)ccc3C)C(=O)C(=O)N2Cc2ccc(OC(C)C)cc2)cc1. The predicted molar refractivity (Wildman–Crippen MR) is 153 cm³/mol. The third-order valence-corrected chi connectivity index (χ3v) is 6.98. The molecular weight excluding hydrogens is 490 g/mol. The van der Waals surface area contributed by atoms with Crippen molar-refractivity contribution in [1.82, 2.24) is 4.90 Å². The van der Waals surface area contributed by atoms with Gasteiger partial charge in [-0.05, 0) is 78.8 Å². The zero-order chi connectivity index (χ0) is 28.5. The number of aryl methyl sites for hydroxylation is 1. The third kappa shape index (κ3) is 5.85. The van der Waals surface area contributed by atoms with E-state index in [4.69, 9.17) is 9.47 Å². The van der Waals surface area contributed by atoms with E-state index in [1.165, 1.54) is 4.90 Å². The summed E-state index contributed by atoms with van der Waals surface area (Å²) in [6, 6.07) is 19.8.